The lowest BCUT2D eigenvalue weighted by Gasteiger charge is -1.98. The Labute approximate surface area is 54.5 Å². The van der Waals surface area contributed by atoms with Crippen molar-refractivity contribution in [3.05, 3.63) is 0 Å². The highest BCUT2D eigenvalue weighted by atomic mass is 16.1. The summed E-state index contributed by atoms with van der Waals surface area (Å²) in [7, 11) is 0. The van der Waals surface area contributed by atoms with Gasteiger partial charge in [-0.3, -0.25) is 4.79 Å². The van der Waals surface area contributed by atoms with Gasteiger partial charge in [-0.15, -0.1) is 0 Å². The van der Waals surface area contributed by atoms with E-state index < -0.39 is 11.8 Å². The summed E-state index contributed by atoms with van der Waals surface area (Å²) in [5.74, 6) is -1.10. The second-order valence-electron chi connectivity index (χ2n) is 1.87. The third kappa shape index (κ3) is 2.70. The van der Waals surface area contributed by atoms with Gasteiger partial charge in [-0.1, -0.05) is 13.3 Å². The normalized spacial score (nSPS) is 12.0. The molecule has 2 N–H and O–H groups in total. The summed E-state index contributed by atoms with van der Waals surface area (Å²) in [4.78, 5) is 10.3. The summed E-state index contributed by atoms with van der Waals surface area (Å²) >= 11 is 0. The highest BCUT2D eigenvalue weighted by Gasteiger charge is 2.11. The van der Waals surface area contributed by atoms with Gasteiger partial charge in [-0.05, 0) is 6.42 Å². The number of carbonyl (C=O) groups excluding carboxylic acids is 1. The summed E-state index contributed by atoms with van der Waals surface area (Å²) in [5.41, 5.74) is 4.87. The van der Waals surface area contributed by atoms with Gasteiger partial charge in [-0.2, -0.15) is 5.26 Å². The molecule has 0 rings (SSSR count). The molecule has 3 heteroatoms. The van der Waals surface area contributed by atoms with Crippen molar-refractivity contribution < 1.29 is 4.79 Å². The number of hydrogen-bond donors (Lipinski definition) is 1. The lowest BCUT2D eigenvalue weighted by atomic mass is 10.1. The maximum atomic E-state index is 10.3. The Kier molecular flexibility index (Phi) is 3.45. The minimum Gasteiger partial charge on any atom is -0.369 e. The minimum atomic E-state index is -0.588. The van der Waals surface area contributed by atoms with Crippen LogP contribution in [0, 0.1) is 17.2 Å². The van der Waals surface area contributed by atoms with Crippen LogP contribution in [0.15, 0.2) is 0 Å². The lowest BCUT2D eigenvalue weighted by Crippen LogP contribution is -2.21. The summed E-state index contributed by atoms with van der Waals surface area (Å²) in [6.07, 6.45) is 1.40. The zero-order valence-corrected chi connectivity index (χ0v) is 5.42. The molecule has 0 aliphatic carbocycles. The van der Waals surface area contributed by atoms with Gasteiger partial charge in [0.2, 0.25) is 5.91 Å². The van der Waals surface area contributed by atoms with E-state index in [1.807, 2.05) is 13.0 Å². The van der Waals surface area contributed by atoms with Crippen molar-refractivity contribution in [2.45, 2.75) is 19.8 Å². The molecule has 0 saturated heterocycles. The van der Waals surface area contributed by atoms with Crippen LogP contribution in [0.3, 0.4) is 0 Å². The molecule has 0 aromatic rings. The fraction of sp³-hybridized carbons (Fsp3) is 0.667. The van der Waals surface area contributed by atoms with E-state index in [-0.39, 0.29) is 0 Å². The Bertz CT molecular complexity index is 136. The molecule has 0 radical (unpaired) electrons. The van der Waals surface area contributed by atoms with Gasteiger partial charge in [-0.25, -0.2) is 0 Å². The molecule has 0 unspecified atom stereocenters. The maximum Gasteiger partial charge on any atom is 0.234 e. The quantitative estimate of drug-likeness (QED) is 0.595. The van der Waals surface area contributed by atoms with E-state index in [9.17, 15) is 4.79 Å². The predicted molar refractivity (Wildman–Crippen MR) is 33.2 cm³/mol. The number of carbonyl (C=O) groups is 1. The van der Waals surface area contributed by atoms with Crippen molar-refractivity contribution in [1.82, 2.24) is 0 Å². The fourth-order valence-corrected chi connectivity index (χ4v) is 0.559. The van der Waals surface area contributed by atoms with Crippen molar-refractivity contribution in [1.29, 1.82) is 5.26 Å². The number of rotatable bonds is 3. The van der Waals surface area contributed by atoms with Gasteiger partial charge in [0.25, 0.3) is 0 Å². The summed E-state index contributed by atoms with van der Waals surface area (Å²) in [6, 6.07) is 1.83. The van der Waals surface area contributed by atoms with Crippen LogP contribution in [0.25, 0.3) is 0 Å². The second-order valence-corrected chi connectivity index (χ2v) is 1.87. The van der Waals surface area contributed by atoms with Crippen molar-refractivity contribution in [2.75, 3.05) is 0 Å². The van der Waals surface area contributed by atoms with E-state index in [0.29, 0.717) is 6.42 Å². The number of hydrogen-bond acceptors (Lipinski definition) is 2. The molecule has 0 aliphatic heterocycles. The molecule has 0 saturated carbocycles. The Morgan fingerprint density at radius 3 is 2.56 bits per heavy atom. The molecule has 0 bridgehead atoms. The first-order valence-electron chi connectivity index (χ1n) is 2.91. The molecule has 50 valence electrons. The molecule has 1 amide bonds. The van der Waals surface area contributed by atoms with Crippen LogP contribution in [0.1, 0.15) is 19.8 Å². The second kappa shape index (κ2) is 3.90. The van der Waals surface area contributed by atoms with Gasteiger partial charge in [0.1, 0.15) is 5.92 Å². The first-order chi connectivity index (χ1) is 4.22. The summed E-state index contributed by atoms with van der Waals surface area (Å²) < 4.78 is 0. The van der Waals surface area contributed by atoms with Crippen molar-refractivity contribution >= 4 is 5.91 Å². The number of nitrogens with zero attached hydrogens (tertiary/aromatic N) is 1. The fourth-order valence-electron chi connectivity index (χ4n) is 0.559. The van der Waals surface area contributed by atoms with E-state index in [4.69, 9.17) is 11.0 Å². The Hall–Kier alpha value is -1.04. The summed E-state index contributed by atoms with van der Waals surface area (Å²) in [5, 5.41) is 8.28. The number of nitriles is 1. The average molecular weight is 126 g/mol. The van der Waals surface area contributed by atoms with Crippen LogP contribution in [0.5, 0.6) is 0 Å². The standard InChI is InChI=1S/C6H10N2O/c1-2-3-5(4-7)6(8)9/h5H,2-3H2,1H3,(H2,8,9)/t5-/m0/s1. The predicted octanol–water partition coefficient (Wildman–Crippen LogP) is 0.412. The van der Waals surface area contributed by atoms with Gasteiger partial charge in [0, 0.05) is 0 Å². The molecule has 0 aromatic carbocycles. The highest BCUT2D eigenvalue weighted by molar-refractivity contribution is 5.79. The van der Waals surface area contributed by atoms with Crippen molar-refractivity contribution in [2.24, 2.45) is 11.7 Å². The molecule has 0 fully saturated rings. The van der Waals surface area contributed by atoms with Gasteiger partial charge >= 0.3 is 0 Å². The van der Waals surface area contributed by atoms with Crippen LogP contribution in [-0.2, 0) is 4.79 Å². The Morgan fingerprint density at radius 2 is 2.44 bits per heavy atom. The van der Waals surface area contributed by atoms with Crippen LogP contribution < -0.4 is 5.73 Å². The smallest absolute Gasteiger partial charge is 0.234 e. The molecule has 3 nitrogen and oxygen atoms in total. The first-order valence-corrected chi connectivity index (χ1v) is 2.91. The first kappa shape index (κ1) is 7.96. The molecule has 0 aliphatic rings. The van der Waals surface area contributed by atoms with E-state index in [2.05, 4.69) is 0 Å². The van der Waals surface area contributed by atoms with E-state index in [1.54, 1.807) is 0 Å². The van der Waals surface area contributed by atoms with Gasteiger partial charge in [0.15, 0.2) is 0 Å². The monoisotopic (exact) mass is 126 g/mol. The third-order valence-electron chi connectivity index (χ3n) is 1.08. The Balaban J connectivity index is 3.72. The number of nitrogens with two attached hydrogens (primary N) is 1. The zero-order chi connectivity index (χ0) is 7.28. The average Bonchev–Trinajstić information content (AvgIpc) is 1.82. The summed E-state index contributed by atoms with van der Waals surface area (Å²) in [6.45, 7) is 1.91. The molecule has 0 heterocycles. The van der Waals surface area contributed by atoms with Crippen LogP contribution >= 0.6 is 0 Å². The van der Waals surface area contributed by atoms with Crippen LogP contribution in [0.4, 0.5) is 0 Å². The Morgan fingerprint density at radius 1 is 1.89 bits per heavy atom. The third-order valence-corrected chi connectivity index (χ3v) is 1.08. The topological polar surface area (TPSA) is 66.9 Å². The van der Waals surface area contributed by atoms with Crippen molar-refractivity contribution in [3.8, 4) is 6.07 Å². The van der Waals surface area contributed by atoms with Crippen LogP contribution in [-0.4, -0.2) is 5.91 Å². The van der Waals surface area contributed by atoms with Crippen molar-refractivity contribution in [3.63, 3.8) is 0 Å². The molecular weight excluding hydrogens is 116 g/mol. The molecule has 9 heavy (non-hydrogen) atoms. The largest absolute Gasteiger partial charge is 0.369 e. The molecule has 0 aromatic heterocycles. The molecule has 0 spiro atoms. The van der Waals surface area contributed by atoms with Gasteiger partial charge < -0.3 is 5.73 Å². The molecule has 1 atom stereocenters. The highest BCUT2D eigenvalue weighted by Crippen LogP contribution is 2.02. The lowest BCUT2D eigenvalue weighted by molar-refractivity contribution is -0.120. The number of primary amides is 1. The van der Waals surface area contributed by atoms with E-state index >= 15 is 0 Å². The molecular formula is C6H10N2O. The maximum absolute atomic E-state index is 10.3. The van der Waals surface area contributed by atoms with E-state index in [1.165, 1.54) is 0 Å². The van der Waals surface area contributed by atoms with Crippen LogP contribution in [0.2, 0.25) is 0 Å². The SMILES string of the molecule is CCC[C@@H](C#N)C(N)=O. The minimum absolute atomic E-state index is 0.514. The van der Waals surface area contributed by atoms with Gasteiger partial charge in [0.05, 0.1) is 6.07 Å². The van der Waals surface area contributed by atoms with E-state index in [0.717, 1.165) is 6.42 Å². The zero-order valence-electron chi connectivity index (χ0n) is 5.42. The number of amides is 1.